The van der Waals surface area contributed by atoms with Crippen LogP contribution in [0.2, 0.25) is 0 Å². The third-order valence-corrected chi connectivity index (χ3v) is 5.15. The highest BCUT2D eigenvalue weighted by atomic mass is 32.2. The highest BCUT2D eigenvalue weighted by Crippen LogP contribution is 2.20. The van der Waals surface area contributed by atoms with E-state index in [0.717, 1.165) is 5.56 Å². The average Bonchev–Trinajstić information content (AvgIpc) is 3.05. The summed E-state index contributed by atoms with van der Waals surface area (Å²) in [4.78, 5) is 4.20. The molecule has 136 valence electrons. The molecule has 0 saturated carbocycles. The lowest BCUT2D eigenvalue weighted by Crippen LogP contribution is -2.13. The number of nitrogens with zero attached hydrogens (tertiary/aromatic N) is 3. The molecule has 3 N–H and O–H groups in total. The molecule has 2 aromatic carbocycles. The lowest BCUT2D eigenvalue weighted by atomic mass is 10.2. The van der Waals surface area contributed by atoms with Crippen LogP contribution in [0, 0.1) is 0 Å². The fraction of sp³-hybridized carbons (Fsp3) is 0.176. The van der Waals surface area contributed by atoms with Crippen LogP contribution in [-0.2, 0) is 30.2 Å². The quantitative estimate of drug-likeness (QED) is 0.651. The molecule has 0 aliphatic heterocycles. The second kappa shape index (κ2) is 7.54. The second-order valence-electron chi connectivity index (χ2n) is 5.57. The van der Waals surface area contributed by atoms with E-state index >= 15 is 0 Å². The van der Waals surface area contributed by atoms with E-state index in [1.807, 2.05) is 0 Å². The Morgan fingerprint density at radius 3 is 2.38 bits per heavy atom. The van der Waals surface area contributed by atoms with Crippen LogP contribution in [0.5, 0.6) is 5.75 Å². The molecular formula is C17H19N5O3S. The summed E-state index contributed by atoms with van der Waals surface area (Å²) in [6.45, 7) is 0.650. The first-order valence-electron chi connectivity index (χ1n) is 7.85. The van der Waals surface area contributed by atoms with Gasteiger partial charge in [0, 0.05) is 19.3 Å². The van der Waals surface area contributed by atoms with Crippen LogP contribution in [0.15, 0.2) is 59.8 Å². The maximum absolute atomic E-state index is 12.5. The first-order chi connectivity index (χ1) is 12.5. The summed E-state index contributed by atoms with van der Waals surface area (Å²) < 4.78 is 34.7. The summed E-state index contributed by atoms with van der Waals surface area (Å²) in [6.07, 6.45) is 1.44. The second-order valence-corrected chi connectivity index (χ2v) is 7.25. The molecular weight excluding hydrogens is 354 g/mol. The van der Waals surface area contributed by atoms with Crippen LogP contribution in [0.3, 0.4) is 0 Å². The summed E-state index contributed by atoms with van der Waals surface area (Å²) >= 11 is 0. The van der Waals surface area contributed by atoms with Gasteiger partial charge in [0.15, 0.2) is 5.82 Å². The van der Waals surface area contributed by atoms with Crippen LogP contribution in [0.4, 0.5) is 5.69 Å². The zero-order valence-corrected chi connectivity index (χ0v) is 15.0. The zero-order valence-electron chi connectivity index (χ0n) is 14.2. The Hall–Kier alpha value is -2.91. The molecule has 1 heterocycles. The van der Waals surface area contributed by atoms with E-state index in [-0.39, 0.29) is 11.5 Å². The minimum Gasteiger partial charge on any atom is -0.486 e. The molecule has 0 aliphatic rings. The van der Waals surface area contributed by atoms with E-state index < -0.39 is 10.0 Å². The summed E-state index contributed by atoms with van der Waals surface area (Å²) in [6, 6.07) is 13.1. The Kier molecular flexibility index (Phi) is 5.19. The smallest absolute Gasteiger partial charge is 0.261 e. The van der Waals surface area contributed by atoms with Crippen LogP contribution < -0.4 is 15.2 Å². The predicted molar refractivity (Wildman–Crippen MR) is 96.9 cm³/mol. The molecule has 0 amide bonds. The Labute approximate surface area is 151 Å². The Morgan fingerprint density at radius 1 is 1.12 bits per heavy atom. The van der Waals surface area contributed by atoms with Crippen LogP contribution >= 0.6 is 0 Å². The van der Waals surface area contributed by atoms with Crippen molar-refractivity contribution in [1.82, 2.24) is 14.8 Å². The van der Waals surface area contributed by atoms with Crippen molar-refractivity contribution in [1.29, 1.82) is 0 Å². The van der Waals surface area contributed by atoms with Crippen molar-refractivity contribution in [2.45, 2.75) is 18.0 Å². The molecule has 3 aromatic rings. The lowest BCUT2D eigenvalue weighted by Gasteiger charge is -2.10. The SMILES string of the molecule is Cn1ncnc1COc1ccc(S(=O)(=O)Nc2ccc(CN)cc2)cc1. The summed E-state index contributed by atoms with van der Waals surface area (Å²) in [5.74, 6) is 1.21. The molecule has 1 aromatic heterocycles. The van der Waals surface area contributed by atoms with Gasteiger partial charge in [-0.2, -0.15) is 5.10 Å². The fourth-order valence-corrected chi connectivity index (χ4v) is 3.30. The highest BCUT2D eigenvalue weighted by molar-refractivity contribution is 7.92. The van der Waals surface area contributed by atoms with Crippen molar-refractivity contribution in [3.63, 3.8) is 0 Å². The molecule has 26 heavy (non-hydrogen) atoms. The molecule has 8 nitrogen and oxygen atoms in total. The Balaban J connectivity index is 1.67. The first-order valence-corrected chi connectivity index (χ1v) is 9.34. The van der Waals surface area contributed by atoms with Gasteiger partial charge in [-0.3, -0.25) is 9.40 Å². The van der Waals surface area contributed by atoms with E-state index in [1.165, 1.54) is 18.5 Å². The fourth-order valence-electron chi connectivity index (χ4n) is 2.24. The average molecular weight is 373 g/mol. The Morgan fingerprint density at radius 2 is 1.81 bits per heavy atom. The number of nitrogens with one attached hydrogen (secondary N) is 1. The minimum atomic E-state index is -3.68. The zero-order chi connectivity index (χ0) is 18.6. The van der Waals surface area contributed by atoms with Gasteiger partial charge in [0.2, 0.25) is 0 Å². The number of ether oxygens (including phenoxy) is 1. The van der Waals surface area contributed by atoms with Crippen molar-refractivity contribution in [2.75, 3.05) is 4.72 Å². The molecule has 3 rings (SSSR count). The summed E-state index contributed by atoms with van der Waals surface area (Å²) in [5.41, 5.74) is 6.94. The van der Waals surface area contributed by atoms with Crippen LogP contribution in [0.25, 0.3) is 0 Å². The van der Waals surface area contributed by atoms with Gasteiger partial charge in [-0.1, -0.05) is 12.1 Å². The number of hydrogen-bond donors (Lipinski definition) is 2. The maximum atomic E-state index is 12.5. The van der Waals surface area contributed by atoms with E-state index in [9.17, 15) is 8.42 Å². The van der Waals surface area contributed by atoms with Gasteiger partial charge in [-0.25, -0.2) is 13.4 Å². The van der Waals surface area contributed by atoms with Crippen molar-refractivity contribution < 1.29 is 13.2 Å². The number of rotatable bonds is 7. The van der Waals surface area contributed by atoms with E-state index in [1.54, 1.807) is 48.1 Å². The third kappa shape index (κ3) is 4.19. The molecule has 0 bridgehead atoms. The first kappa shape index (κ1) is 17.9. The number of aromatic nitrogens is 3. The third-order valence-electron chi connectivity index (χ3n) is 3.75. The van der Waals surface area contributed by atoms with Crippen molar-refractivity contribution in [3.8, 4) is 5.75 Å². The van der Waals surface area contributed by atoms with Gasteiger partial charge in [0.25, 0.3) is 10.0 Å². The highest BCUT2D eigenvalue weighted by Gasteiger charge is 2.14. The number of anilines is 1. The van der Waals surface area contributed by atoms with Gasteiger partial charge in [0.1, 0.15) is 18.7 Å². The van der Waals surface area contributed by atoms with Crippen molar-refractivity contribution in [3.05, 3.63) is 66.2 Å². The van der Waals surface area contributed by atoms with Crippen molar-refractivity contribution in [2.24, 2.45) is 12.8 Å². The largest absolute Gasteiger partial charge is 0.486 e. The molecule has 0 atom stereocenters. The summed E-state index contributed by atoms with van der Waals surface area (Å²) in [7, 11) is -1.91. The van der Waals surface area contributed by atoms with Gasteiger partial charge in [-0.15, -0.1) is 0 Å². The van der Waals surface area contributed by atoms with E-state index in [2.05, 4.69) is 14.8 Å². The standard InChI is InChI=1S/C17H19N5O3S/c1-22-17(19-12-20-22)11-25-15-6-8-16(9-7-15)26(23,24)21-14-4-2-13(10-18)3-5-14/h2-9,12,21H,10-11,18H2,1H3. The molecule has 0 unspecified atom stereocenters. The van der Waals surface area contributed by atoms with Gasteiger partial charge < -0.3 is 10.5 Å². The molecule has 0 spiro atoms. The van der Waals surface area contributed by atoms with Crippen molar-refractivity contribution >= 4 is 15.7 Å². The number of benzene rings is 2. The number of hydrogen-bond acceptors (Lipinski definition) is 6. The maximum Gasteiger partial charge on any atom is 0.261 e. The number of sulfonamides is 1. The monoisotopic (exact) mass is 373 g/mol. The molecule has 0 saturated heterocycles. The normalized spacial score (nSPS) is 11.3. The molecule has 0 fully saturated rings. The molecule has 9 heteroatoms. The number of aryl methyl sites for hydroxylation is 1. The lowest BCUT2D eigenvalue weighted by molar-refractivity contribution is 0.289. The van der Waals surface area contributed by atoms with Gasteiger partial charge >= 0.3 is 0 Å². The van der Waals surface area contributed by atoms with E-state index in [0.29, 0.717) is 23.8 Å². The molecule has 0 aliphatic carbocycles. The Bertz CT molecular complexity index is 966. The summed E-state index contributed by atoms with van der Waals surface area (Å²) in [5, 5.41) is 3.96. The van der Waals surface area contributed by atoms with E-state index in [4.69, 9.17) is 10.5 Å². The van der Waals surface area contributed by atoms with Crippen LogP contribution in [-0.4, -0.2) is 23.2 Å². The van der Waals surface area contributed by atoms with Gasteiger partial charge in [0.05, 0.1) is 4.90 Å². The predicted octanol–water partition coefficient (Wildman–Crippen LogP) is 1.65. The topological polar surface area (TPSA) is 112 Å². The van der Waals surface area contributed by atoms with Gasteiger partial charge in [-0.05, 0) is 42.0 Å². The molecule has 0 radical (unpaired) electrons. The minimum absolute atomic E-state index is 0.145. The number of nitrogens with two attached hydrogens (primary N) is 1. The van der Waals surface area contributed by atoms with Crippen LogP contribution in [0.1, 0.15) is 11.4 Å².